The Morgan fingerprint density at radius 3 is 2.33 bits per heavy atom. The van der Waals surface area contributed by atoms with Gasteiger partial charge in [0.15, 0.2) is 0 Å². The molecule has 0 aliphatic heterocycles. The van der Waals surface area contributed by atoms with Crippen LogP contribution in [0.2, 0.25) is 0 Å². The molecule has 148 valence electrons. The number of aromatic nitrogens is 2. The van der Waals surface area contributed by atoms with Crippen molar-refractivity contribution in [2.24, 2.45) is 0 Å². The predicted octanol–water partition coefficient (Wildman–Crippen LogP) is 4.87. The van der Waals surface area contributed by atoms with E-state index in [1.165, 1.54) is 18.2 Å². The number of hydrogen-bond acceptors (Lipinski definition) is 6. The van der Waals surface area contributed by atoms with Crippen LogP contribution in [0.15, 0.2) is 77.2 Å². The molecular weight excluding hydrogens is 384 g/mol. The maximum atomic E-state index is 12.4. The largest absolute Gasteiger partial charge is 0.416 e. The highest BCUT2D eigenvalue weighted by molar-refractivity contribution is 6.04. The van der Waals surface area contributed by atoms with Crippen molar-refractivity contribution in [3.63, 3.8) is 0 Å². The van der Waals surface area contributed by atoms with Crippen molar-refractivity contribution in [1.29, 1.82) is 0 Å². The Morgan fingerprint density at radius 1 is 0.933 bits per heavy atom. The van der Waals surface area contributed by atoms with Gasteiger partial charge < -0.3 is 9.73 Å². The average molecular weight is 400 g/mol. The van der Waals surface area contributed by atoms with Gasteiger partial charge in [-0.1, -0.05) is 23.8 Å². The number of nitrogens with one attached hydrogen (secondary N) is 1. The number of hydrogen-bond donors (Lipinski definition) is 1. The Kier molecular flexibility index (Phi) is 5.04. The van der Waals surface area contributed by atoms with Crippen LogP contribution in [0.25, 0.3) is 22.9 Å². The Balaban J connectivity index is 1.50. The van der Waals surface area contributed by atoms with Gasteiger partial charge in [0.05, 0.1) is 4.92 Å². The molecule has 0 radical (unpaired) electrons. The number of nitrogens with zero attached hydrogens (tertiary/aromatic N) is 3. The summed E-state index contributed by atoms with van der Waals surface area (Å²) in [7, 11) is 0. The van der Waals surface area contributed by atoms with E-state index < -0.39 is 4.92 Å². The van der Waals surface area contributed by atoms with E-state index in [1.807, 2.05) is 31.2 Å². The Labute approximate surface area is 171 Å². The molecule has 0 aliphatic rings. The van der Waals surface area contributed by atoms with Gasteiger partial charge in [-0.2, -0.15) is 0 Å². The number of non-ortho nitro benzene ring substituents is 1. The Morgan fingerprint density at radius 2 is 1.63 bits per heavy atom. The maximum absolute atomic E-state index is 12.4. The van der Waals surface area contributed by atoms with E-state index in [1.54, 1.807) is 30.3 Å². The van der Waals surface area contributed by atoms with Crippen molar-refractivity contribution in [1.82, 2.24) is 10.2 Å². The van der Waals surface area contributed by atoms with E-state index in [2.05, 4.69) is 15.5 Å². The fourth-order valence-corrected chi connectivity index (χ4v) is 2.90. The topological polar surface area (TPSA) is 111 Å². The molecule has 1 heterocycles. The summed E-state index contributed by atoms with van der Waals surface area (Å²) in [6.07, 6.45) is 0. The molecule has 0 fully saturated rings. The lowest BCUT2D eigenvalue weighted by Crippen LogP contribution is -2.11. The van der Waals surface area contributed by atoms with Crippen molar-refractivity contribution in [3.05, 3.63) is 94.0 Å². The molecule has 0 unspecified atom stereocenters. The van der Waals surface area contributed by atoms with Crippen LogP contribution in [0.1, 0.15) is 15.9 Å². The zero-order valence-corrected chi connectivity index (χ0v) is 15.9. The van der Waals surface area contributed by atoms with Gasteiger partial charge in [-0.05, 0) is 49.4 Å². The third-order valence-electron chi connectivity index (χ3n) is 4.40. The van der Waals surface area contributed by atoms with Crippen LogP contribution in [0.3, 0.4) is 0 Å². The van der Waals surface area contributed by atoms with Crippen LogP contribution in [-0.2, 0) is 0 Å². The quantitative estimate of drug-likeness (QED) is 0.378. The zero-order valence-electron chi connectivity index (χ0n) is 15.9. The average Bonchev–Trinajstić information content (AvgIpc) is 3.24. The molecule has 0 saturated heterocycles. The number of anilines is 1. The number of nitro groups is 1. The minimum Gasteiger partial charge on any atom is -0.416 e. The highest BCUT2D eigenvalue weighted by atomic mass is 16.6. The molecule has 1 N–H and O–H groups in total. The van der Waals surface area contributed by atoms with Gasteiger partial charge in [-0.3, -0.25) is 14.9 Å². The van der Waals surface area contributed by atoms with E-state index in [0.717, 1.165) is 11.1 Å². The van der Waals surface area contributed by atoms with Crippen LogP contribution >= 0.6 is 0 Å². The smallest absolute Gasteiger partial charge is 0.271 e. The Bertz CT molecular complexity index is 1230. The van der Waals surface area contributed by atoms with Crippen LogP contribution in [0, 0.1) is 17.0 Å². The molecule has 4 aromatic rings. The van der Waals surface area contributed by atoms with Gasteiger partial charge in [0.2, 0.25) is 11.8 Å². The fourth-order valence-electron chi connectivity index (χ4n) is 2.90. The molecule has 0 spiro atoms. The molecular formula is C22H16N4O4. The molecule has 0 bridgehead atoms. The lowest BCUT2D eigenvalue weighted by molar-refractivity contribution is -0.384. The van der Waals surface area contributed by atoms with E-state index in [0.29, 0.717) is 28.6 Å². The van der Waals surface area contributed by atoms with Crippen molar-refractivity contribution in [2.45, 2.75) is 6.92 Å². The second-order valence-corrected chi connectivity index (χ2v) is 6.62. The first-order valence-corrected chi connectivity index (χ1v) is 9.06. The summed E-state index contributed by atoms with van der Waals surface area (Å²) in [5.74, 6) is 0.381. The molecule has 8 heteroatoms. The van der Waals surface area contributed by atoms with Crippen molar-refractivity contribution in [2.75, 3.05) is 5.32 Å². The van der Waals surface area contributed by atoms with Crippen LogP contribution in [0.5, 0.6) is 0 Å². The molecule has 1 aromatic heterocycles. The van der Waals surface area contributed by atoms with Crippen molar-refractivity contribution < 1.29 is 14.1 Å². The lowest BCUT2D eigenvalue weighted by atomic mass is 10.1. The first-order chi connectivity index (χ1) is 14.5. The van der Waals surface area contributed by atoms with E-state index in [9.17, 15) is 14.9 Å². The van der Waals surface area contributed by atoms with Crippen molar-refractivity contribution >= 4 is 17.3 Å². The highest BCUT2D eigenvalue weighted by Gasteiger charge is 2.13. The summed E-state index contributed by atoms with van der Waals surface area (Å²) in [5, 5.41) is 21.7. The van der Waals surface area contributed by atoms with Crippen LogP contribution < -0.4 is 5.32 Å². The summed E-state index contributed by atoms with van der Waals surface area (Å²) in [6.45, 7) is 1.98. The fraction of sp³-hybridized carbons (Fsp3) is 0.0455. The minimum absolute atomic E-state index is 0.0936. The lowest BCUT2D eigenvalue weighted by Gasteiger charge is -2.05. The first kappa shape index (κ1) is 19.0. The third kappa shape index (κ3) is 4.07. The summed E-state index contributed by atoms with van der Waals surface area (Å²) in [4.78, 5) is 22.8. The number of carbonyl (C=O) groups excluding carboxylic acids is 1. The molecule has 0 aliphatic carbocycles. The molecule has 30 heavy (non-hydrogen) atoms. The SMILES string of the molecule is Cc1cccc(-c2nnc(-c3ccc(C(=O)Nc4cccc([N+](=O)[O-])c4)cc3)o2)c1. The maximum Gasteiger partial charge on any atom is 0.271 e. The normalized spacial score (nSPS) is 10.6. The van der Waals surface area contributed by atoms with Gasteiger partial charge in [-0.15, -0.1) is 10.2 Å². The van der Waals surface area contributed by atoms with Crippen LogP contribution in [-0.4, -0.2) is 21.0 Å². The van der Waals surface area contributed by atoms with Gasteiger partial charge in [0.25, 0.3) is 11.6 Å². The molecule has 8 nitrogen and oxygen atoms in total. The highest BCUT2D eigenvalue weighted by Crippen LogP contribution is 2.25. The van der Waals surface area contributed by atoms with E-state index in [4.69, 9.17) is 4.42 Å². The van der Waals surface area contributed by atoms with E-state index in [-0.39, 0.29) is 11.6 Å². The monoisotopic (exact) mass is 400 g/mol. The van der Waals surface area contributed by atoms with Gasteiger partial charge in [-0.25, -0.2) is 0 Å². The number of benzene rings is 3. The summed E-state index contributed by atoms with van der Waals surface area (Å²) < 4.78 is 5.76. The standard InChI is InChI=1S/C22H16N4O4/c1-14-4-2-5-17(12-14)22-25-24-21(30-22)16-10-8-15(9-11-16)20(27)23-18-6-3-7-19(13-18)26(28)29/h2-13H,1H3,(H,23,27). The number of rotatable bonds is 5. The van der Waals surface area contributed by atoms with Crippen molar-refractivity contribution in [3.8, 4) is 22.9 Å². The number of nitro benzene ring substituents is 1. The Hall–Kier alpha value is -4.33. The van der Waals surface area contributed by atoms with Crippen LogP contribution in [0.4, 0.5) is 11.4 Å². The summed E-state index contributed by atoms with van der Waals surface area (Å²) in [6, 6.07) is 20.2. The molecule has 0 atom stereocenters. The number of aryl methyl sites for hydroxylation is 1. The second kappa shape index (κ2) is 7.96. The zero-order chi connectivity index (χ0) is 21.1. The summed E-state index contributed by atoms with van der Waals surface area (Å²) >= 11 is 0. The van der Waals surface area contributed by atoms with Gasteiger partial charge in [0.1, 0.15) is 0 Å². The molecule has 3 aromatic carbocycles. The minimum atomic E-state index is -0.514. The second-order valence-electron chi connectivity index (χ2n) is 6.62. The first-order valence-electron chi connectivity index (χ1n) is 9.06. The van der Waals surface area contributed by atoms with Gasteiger partial charge in [0, 0.05) is 34.5 Å². The molecule has 0 saturated carbocycles. The summed E-state index contributed by atoms with van der Waals surface area (Å²) in [5.41, 5.74) is 3.24. The van der Waals surface area contributed by atoms with Gasteiger partial charge >= 0.3 is 0 Å². The number of carbonyl (C=O) groups is 1. The predicted molar refractivity (Wildman–Crippen MR) is 111 cm³/mol. The number of amides is 1. The third-order valence-corrected chi connectivity index (χ3v) is 4.40. The van der Waals surface area contributed by atoms with E-state index >= 15 is 0 Å². The molecule has 1 amide bonds. The molecule has 4 rings (SSSR count).